The summed E-state index contributed by atoms with van der Waals surface area (Å²) in [5.74, 6) is 0. The summed E-state index contributed by atoms with van der Waals surface area (Å²) < 4.78 is 22.8. The van der Waals surface area contributed by atoms with Gasteiger partial charge in [0.25, 0.3) is 0 Å². The first-order chi connectivity index (χ1) is 8.50. The molecule has 1 atom stereocenters. The van der Waals surface area contributed by atoms with Crippen molar-refractivity contribution in [2.24, 2.45) is 0 Å². The third-order valence-corrected chi connectivity index (χ3v) is 4.77. The lowest BCUT2D eigenvalue weighted by atomic mass is 10.1. The standard InChI is InChI=1S/C13H20ClO3P/c1-4-16-18(15,17-5-2)10-12-6-8-13(9-7-12)11(3)14/h6-9,11H,4-5,10H2,1-3H3. The first-order valence-electron chi connectivity index (χ1n) is 6.11. The van der Waals surface area contributed by atoms with Gasteiger partial charge in [0.15, 0.2) is 0 Å². The van der Waals surface area contributed by atoms with Gasteiger partial charge in [-0.05, 0) is 31.9 Å². The van der Waals surface area contributed by atoms with Crippen LogP contribution >= 0.6 is 19.2 Å². The summed E-state index contributed by atoms with van der Waals surface area (Å²) in [6.45, 7) is 6.30. The van der Waals surface area contributed by atoms with Crippen LogP contribution in [0.25, 0.3) is 0 Å². The van der Waals surface area contributed by atoms with Gasteiger partial charge in [-0.25, -0.2) is 0 Å². The van der Waals surface area contributed by atoms with Crippen molar-refractivity contribution in [1.82, 2.24) is 0 Å². The van der Waals surface area contributed by atoms with Crippen molar-refractivity contribution in [3.8, 4) is 0 Å². The van der Waals surface area contributed by atoms with Crippen LogP contribution in [0.4, 0.5) is 0 Å². The van der Waals surface area contributed by atoms with Gasteiger partial charge < -0.3 is 9.05 Å². The van der Waals surface area contributed by atoms with Crippen molar-refractivity contribution < 1.29 is 13.6 Å². The summed E-state index contributed by atoms with van der Waals surface area (Å²) in [6.07, 6.45) is 0.297. The fraction of sp³-hybridized carbons (Fsp3) is 0.538. The van der Waals surface area contributed by atoms with Crippen molar-refractivity contribution in [1.29, 1.82) is 0 Å². The molecule has 0 aliphatic heterocycles. The Hall–Kier alpha value is -0.340. The highest BCUT2D eigenvalue weighted by Crippen LogP contribution is 2.51. The largest absolute Gasteiger partial charge is 0.335 e. The van der Waals surface area contributed by atoms with E-state index in [1.165, 1.54) is 0 Å². The van der Waals surface area contributed by atoms with E-state index in [9.17, 15) is 4.57 Å². The number of hydrogen-bond acceptors (Lipinski definition) is 3. The van der Waals surface area contributed by atoms with E-state index in [-0.39, 0.29) is 5.38 Å². The van der Waals surface area contributed by atoms with Crippen molar-refractivity contribution in [2.75, 3.05) is 13.2 Å². The molecular formula is C13H20ClO3P. The maximum absolute atomic E-state index is 12.3. The third kappa shape index (κ3) is 4.74. The van der Waals surface area contributed by atoms with E-state index in [1.54, 1.807) is 0 Å². The zero-order valence-corrected chi connectivity index (χ0v) is 12.7. The van der Waals surface area contributed by atoms with Gasteiger partial charge in [0.2, 0.25) is 0 Å². The van der Waals surface area contributed by atoms with Crippen molar-refractivity contribution in [2.45, 2.75) is 32.3 Å². The summed E-state index contributed by atoms with van der Waals surface area (Å²) in [6, 6.07) is 7.71. The Labute approximate surface area is 114 Å². The first kappa shape index (κ1) is 15.7. The molecule has 1 aromatic carbocycles. The molecule has 5 heteroatoms. The van der Waals surface area contributed by atoms with Gasteiger partial charge in [-0.2, -0.15) is 0 Å². The molecule has 0 saturated heterocycles. The molecule has 0 fully saturated rings. The van der Waals surface area contributed by atoms with Crippen molar-refractivity contribution in [3.63, 3.8) is 0 Å². The summed E-state index contributed by atoms with van der Waals surface area (Å²) in [4.78, 5) is 0. The molecule has 0 heterocycles. The molecule has 0 saturated carbocycles. The van der Waals surface area contributed by atoms with Crippen LogP contribution in [0.2, 0.25) is 0 Å². The Morgan fingerprint density at radius 2 is 1.67 bits per heavy atom. The molecule has 18 heavy (non-hydrogen) atoms. The van der Waals surface area contributed by atoms with E-state index >= 15 is 0 Å². The lowest BCUT2D eigenvalue weighted by Crippen LogP contribution is -1.99. The lowest BCUT2D eigenvalue weighted by Gasteiger charge is -2.17. The van der Waals surface area contributed by atoms with Gasteiger partial charge in [-0.15, -0.1) is 11.6 Å². The van der Waals surface area contributed by atoms with Crippen LogP contribution in [-0.4, -0.2) is 13.2 Å². The number of alkyl halides is 1. The van der Waals surface area contributed by atoms with E-state index in [0.29, 0.717) is 19.4 Å². The van der Waals surface area contributed by atoms with Crippen LogP contribution in [0.5, 0.6) is 0 Å². The van der Waals surface area contributed by atoms with Crippen LogP contribution in [0.3, 0.4) is 0 Å². The van der Waals surface area contributed by atoms with Crippen LogP contribution in [0.15, 0.2) is 24.3 Å². The van der Waals surface area contributed by atoms with E-state index in [2.05, 4.69) is 0 Å². The van der Waals surface area contributed by atoms with E-state index < -0.39 is 7.60 Å². The molecule has 0 amide bonds. The Morgan fingerprint density at radius 1 is 1.17 bits per heavy atom. The second kappa shape index (κ2) is 7.30. The molecule has 1 rings (SSSR count). The summed E-state index contributed by atoms with van der Waals surface area (Å²) >= 11 is 5.98. The van der Waals surface area contributed by atoms with Gasteiger partial charge >= 0.3 is 7.60 Å². The molecule has 0 aliphatic carbocycles. The van der Waals surface area contributed by atoms with Crippen molar-refractivity contribution in [3.05, 3.63) is 35.4 Å². The molecule has 0 aromatic heterocycles. The molecule has 0 radical (unpaired) electrons. The predicted molar refractivity (Wildman–Crippen MR) is 75.3 cm³/mol. The third-order valence-electron chi connectivity index (χ3n) is 2.47. The van der Waals surface area contributed by atoms with Gasteiger partial charge in [-0.1, -0.05) is 24.3 Å². The Bertz CT molecular complexity index is 393. The predicted octanol–water partition coefficient (Wildman–Crippen LogP) is 4.75. The summed E-state index contributed by atoms with van der Waals surface area (Å²) in [5.41, 5.74) is 1.98. The molecule has 0 N–H and O–H groups in total. The van der Waals surface area contributed by atoms with Gasteiger partial charge in [-0.3, -0.25) is 4.57 Å². The maximum Gasteiger partial charge on any atom is 0.335 e. The van der Waals surface area contributed by atoms with Crippen LogP contribution < -0.4 is 0 Å². The Balaban J connectivity index is 2.78. The lowest BCUT2D eigenvalue weighted by molar-refractivity contribution is 0.219. The average molecular weight is 291 g/mol. The SMILES string of the molecule is CCOP(=O)(Cc1ccc(C(C)Cl)cc1)OCC. The molecule has 1 unspecified atom stereocenters. The van der Waals surface area contributed by atoms with Crippen molar-refractivity contribution >= 4 is 19.2 Å². The van der Waals surface area contributed by atoms with Crippen LogP contribution in [0.1, 0.15) is 37.3 Å². The molecule has 3 nitrogen and oxygen atoms in total. The Kier molecular flexibility index (Phi) is 6.37. The topological polar surface area (TPSA) is 35.5 Å². The molecule has 0 bridgehead atoms. The number of hydrogen-bond donors (Lipinski definition) is 0. The second-order valence-corrected chi connectivity index (χ2v) is 6.67. The minimum absolute atomic E-state index is 0.0235. The maximum atomic E-state index is 12.3. The smallest absolute Gasteiger partial charge is 0.309 e. The van der Waals surface area contributed by atoms with E-state index in [0.717, 1.165) is 11.1 Å². The molecule has 1 aromatic rings. The summed E-state index contributed by atoms with van der Waals surface area (Å²) in [7, 11) is -3.01. The fourth-order valence-electron chi connectivity index (χ4n) is 1.63. The second-order valence-electron chi connectivity index (χ2n) is 3.96. The minimum atomic E-state index is -3.01. The zero-order valence-electron chi connectivity index (χ0n) is 11.1. The Morgan fingerprint density at radius 3 is 2.06 bits per heavy atom. The van der Waals surface area contributed by atoms with Crippen LogP contribution in [0, 0.1) is 0 Å². The summed E-state index contributed by atoms with van der Waals surface area (Å²) in [5, 5.41) is -0.0235. The highest BCUT2D eigenvalue weighted by atomic mass is 35.5. The van der Waals surface area contributed by atoms with Gasteiger partial charge in [0.1, 0.15) is 0 Å². The molecule has 0 aliphatic rings. The normalized spacial score (nSPS) is 13.6. The molecule has 102 valence electrons. The van der Waals surface area contributed by atoms with E-state index in [4.69, 9.17) is 20.6 Å². The van der Waals surface area contributed by atoms with Gasteiger partial charge in [0.05, 0.1) is 24.8 Å². The highest BCUT2D eigenvalue weighted by molar-refractivity contribution is 7.53. The highest BCUT2D eigenvalue weighted by Gasteiger charge is 2.23. The average Bonchev–Trinajstić information content (AvgIpc) is 2.30. The monoisotopic (exact) mass is 290 g/mol. The number of halogens is 1. The van der Waals surface area contributed by atoms with Crippen LogP contribution in [-0.2, 0) is 19.8 Å². The number of rotatable bonds is 7. The molecule has 0 spiro atoms. The zero-order chi connectivity index (χ0) is 13.6. The van der Waals surface area contributed by atoms with E-state index in [1.807, 2.05) is 45.0 Å². The first-order valence-corrected chi connectivity index (χ1v) is 8.28. The number of benzene rings is 1. The minimum Gasteiger partial charge on any atom is -0.309 e. The quantitative estimate of drug-likeness (QED) is 0.537. The van der Waals surface area contributed by atoms with Gasteiger partial charge in [0, 0.05) is 0 Å². The fourth-order valence-corrected chi connectivity index (χ4v) is 3.48. The molecular weight excluding hydrogens is 271 g/mol.